The van der Waals surface area contributed by atoms with Gasteiger partial charge in [0.05, 0.1) is 4.92 Å². The van der Waals surface area contributed by atoms with Crippen LogP contribution in [-0.4, -0.2) is 41.4 Å². The molecule has 2 atom stereocenters. The van der Waals surface area contributed by atoms with Crippen LogP contribution >= 0.6 is 0 Å². The number of para-hydroxylation sites is 1. The van der Waals surface area contributed by atoms with E-state index in [-0.39, 0.29) is 11.7 Å². The van der Waals surface area contributed by atoms with Crippen LogP contribution in [0.3, 0.4) is 0 Å². The number of piperazine rings is 1. The molecule has 0 spiro atoms. The van der Waals surface area contributed by atoms with E-state index >= 15 is 0 Å². The molecule has 1 saturated heterocycles. The predicted molar refractivity (Wildman–Crippen MR) is 74.1 cm³/mol. The maximum absolute atomic E-state index is 11.5. The summed E-state index contributed by atoms with van der Waals surface area (Å²) >= 11 is 0. The van der Waals surface area contributed by atoms with Gasteiger partial charge in [-0.3, -0.25) is 19.8 Å². The predicted octanol–water partition coefficient (Wildman–Crippen LogP) is 0.415. The van der Waals surface area contributed by atoms with Gasteiger partial charge in [-0.25, -0.2) is 0 Å². The highest BCUT2D eigenvalue weighted by atomic mass is 16.6. The number of carbonyl (C=O) groups is 1. The number of carbonyl (C=O) groups excluding carboxylic acids is 1. The van der Waals surface area contributed by atoms with Gasteiger partial charge < -0.3 is 11.1 Å². The third kappa shape index (κ3) is 2.78. The Morgan fingerprint density at radius 2 is 2.25 bits per heavy atom. The Morgan fingerprint density at radius 1 is 1.55 bits per heavy atom. The van der Waals surface area contributed by atoms with Gasteiger partial charge in [0, 0.05) is 37.3 Å². The first-order valence-electron chi connectivity index (χ1n) is 6.51. The number of nitrogens with zero attached hydrogens (tertiary/aromatic N) is 2. The monoisotopic (exact) mass is 278 g/mol. The number of nitro benzene ring substituents is 1. The highest BCUT2D eigenvalue weighted by Gasteiger charge is 2.33. The van der Waals surface area contributed by atoms with Crippen molar-refractivity contribution in [2.45, 2.75) is 19.0 Å². The van der Waals surface area contributed by atoms with Crippen LogP contribution in [0.5, 0.6) is 0 Å². The Balaban J connectivity index is 2.32. The van der Waals surface area contributed by atoms with Gasteiger partial charge in [0.1, 0.15) is 6.04 Å². The fourth-order valence-corrected chi connectivity index (χ4v) is 2.63. The molecular weight excluding hydrogens is 260 g/mol. The van der Waals surface area contributed by atoms with E-state index < -0.39 is 16.9 Å². The first kappa shape index (κ1) is 14.4. The number of amides is 1. The fraction of sp³-hybridized carbons (Fsp3) is 0.462. The van der Waals surface area contributed by atoms with Crippen LogP contribution in [0.2, 0.25) is 0 Å². The molecule has 0 saturated carbocycles. The van der Waals surface area contributed by atoms with E-state index in [4.69, 9.17) is 5.73 Å². The third-order valence-electron chi connectivity index (χ3n) is 3.69. The smallest absolute Gasteiger partial charge is 0.274 e. The summed E-state index contributed by atoms with van der Waals surface area (Å²) in [7, 11) is 0. The van der Waals surface area contributed by atoms with Gasteiger partial charge in [-0.15, -0.1) is 0 Å². The van der Waals surface area contributed by atoms with Crippen LogP contribution in [0.4, 0.5) is 5.69 Å². The van der Waals surface area contributed by atoms with E-state index in [9.17, 15) is 14.9 Å². The number of nitro groups is 1. The second-order valence-corrected chi connectivity index (χ2v) is 4.85. The maximum atomic E-state index is 11.5. The van der Waals surface area contributed by atoms with Crippen molar-refractivity contribution in [3.63, 3.8) is 0 Å². The van der Waals surface area contributed by atoms with Crippen LogP contribution in [0.15, 0.2) is 24.3 Å². The van der Waals surface area contributed by atoms with Gasteiger partial charge in [0.25, 0.3) is 5.69 Å². The molecule has 3 N–H and O–H groups in total. The van der Waals surface area contributed by atoms with E-state index in [0.29, 0.717) is 18.7 Å². The van der Waals surface area contributed by atoms with Crippen molar-refractivity contribution in [3.8, 4) is 0 Å². The molecule has 0 bridgehead atoms. The molecule has 1 aromatic rings. The molecule has 0 aliphatic carbocycles. The number of primary amides is 1. The zero-order valence-electron chi connectivity index (χ0n) is 11.3. The number of nitrogens with two attached hydrogens (primary N) is 1. The van der Waals surface area contributed by atoms with Gasteiger partial charge in [0.15, 0.2) is 0 Å². The van der Waals surface area contributed by atoms with Crippen LogP contribution < -0.4 is 11.1 Å². The van der Waals surface area contributed by atoms with Crippen molar-refractivity contribution < 1.29 is 9.72 Å². The van der Waals surface area contributed by atoms with Crippen LogP contribution in [-0.2, 0) is 4.79 Å². The lowest BCUT2D eigenvalue weighted by Crippen LogP contribution is -2.57. The minimum absolute atomic E-state index is 0.0711. The van der Waals surface area contributed by atoms with Gasteiger partial charge in [-0.2, -0.15) is 0 Å². The summed E-state index contributed by atoms with van der Waals surface area (Å²) in [6.07, 6.45) is 0. The molecule has 0 radical (unpaired) electrons. The van der Waals surface area contributed by atoms with Crippen molar-refractivity contribution in [2.75, 3.05) is 19.6 Å². The van der Waals surface area contributed by atoms with Crippen molar-refractivity contribution >= 4 is 11.6 Å². The average molecular weight is 278 g/mol. The number of hydrogen-bond acceptors (Lipinski definition) is 5. The molecule has 7 heteroatoms. The maximum Gasteiger partial charge on any atom is 0.274 e. The Hall–Kier alpha value is -1.99. The minimum Gasteiger partial charge on any atom is -0.368 e. The van der Waals surface area contributed by atoms with E-state index in [1.54, 1.807) is 18.2 Å². The summed E-state index contributed by atoms with van der Waals surface area (Å²) < 4.78 is 0. The molecule has 108 valence electrons. The molecule has 1 fully saturated rings. The van der Waals surface area contributed by atoms with Crippen LogP contribution in [0.1, 0.15) is 18.5 Å². The molecule has 1 aliphatic heterocycles. The first-order chi connectivity index (χ1) is 9.52. The molecule has 2 unspecified atom stereocenters. The molecule has 1 amide bonds. The van der Waals surface area contributed by atoms with Crippen molar-refractivity contribution in [1.29, 1.82) is 0 Å². The number of nitrogens with one attached hydrogen (secondary N) is 1. The van der Waals surface area contributed by atoms with E-state index in [0.717, 1.165) is 6.54 Å². The molecule has 1 heterocycles. The lowest BCUT2D eigenvalue weighted by molar-refractivity contribution is -0.386. The normalized spacial score (nSPS) is 21.4. The Kier molecular flexibility index (Phi) is 4.31. The van der Waals surface area contributed by atoms with Crippen molar-refractivity contribution in [1.82, 2.24) is 10.2 Å². The molecule has 0 aromatic heterocycles. The second kappa shape index (κ2) is 5.98. The first-order valence-corrected chi connectivity index (χ1v) is 6.51. The standard InChI is InChI=1S/C13H18N4O3/c1-9(10-4-2-3-5-11(10)17(19)20)16-7-6-15-8-12(16)13(14)18/h2-5,9,12,15H,6-8H2,1H3,(H2,14,18). The van der Waals surface area contributed by atoms with Crippen molar-refractivity contribution in [3.05, 3.63) is 39.9 Å². The molecule has 1 aliphatic rings. The SMILES string of the molecule is CC(c1ccccc1[N+](=O)[O-])N1CCNCC1C(N)=O. The Morgan fingerprint density at radius 3 is 2.90 bits per heavy atom. The molecule has 1 aromatic carbocycles. The van der Waals surface area contributed by atoms with Crippen LogP contribution in [0.25, 0.3) is 0 Å². The zero-order chi connectivity index (χ0) is 14.7. The van der Waals surface area contributed by atoms with Gasteiger partial charge in [-0.05, 0) is 6.92 Å². The summed E-state index contributed by atoms with van der Waals surface area (Å²) in [6.45, 7) is 3.69. The van der Waals surface area contributed by atoms with Gasteiger partial charge >= 0.3 is 0 Å². The summed E-state index contributed by atoms with van der Waals surface area (Å²) in [4.78, 5) is 24.2. The lowest BCUT2D eigenvalue weighted by Gasteiger charge is -2.38. The molecule has 7 nitrogen and oxygen atoms in total. The van der Waals surface area contributed by atoms with Crippen LogP contribution in [0, 0.1) is 10.1 Å². The second-order valence-electron chi connectivity index (χ2n) is 4.85. The zero-order valence-corrected chi connectivity index (χ0v) is 11.3. The minimum atomic E-state index is -0.446. The molecular formula is C13H18N4O3. The van der Waals surface area contributed by atoms with E-state index in [1.165, 1.54) is 6.07 Å². The quantitative estimate of drug-likeness (QED) is 0.613. The Labute approximate surface area is 116 Å². The summed E-state index contributed by atoms with van der Waals surface area (Å²) in [5, 5.41) is 14.2. The van der Waals surface area contributed by atoms with Gasteiger partial charge in [0.2, 0.25) is 5.91 Å². The van der Waals surface area contributed by atoms with E-state index in [1.807, 2.05) is 11.8 Å². The third-order valence-corrected chi connectivity index (χ3v) is 3.69. The average Bonchev–Trinajstić information content (AvgIpc) is 2.46. The fourth-order valence-electron chi connectivity index (χ4n) is 2.63. The number of rotatable bonds is 4. The summed E-state index contributed by atoms with van der Waals surface area (Å²) in [6, 6.07) is 5.92. The Bertz CT molecular complexity index is 520. The highest BCUT2D eigenvalue weighted by Crippen LogP contribution is 2.30. The summed E-state index contributed by atoms with van der Waals surface area (Å²) in [5.41, 5.74) is 6.09. The lowest BCUT2D eigenvalue weighted by atomic mass is 10.0. The number of hydrogen-bond donors (Lipinski definition) is 2. The highest BCUT2D eigenvalue weighted by molar-refractivity contribution is 5.80. The largest absolute Gasteiger partial charge is 0.368 e. The van der Waals surface area contributed by atoms with Crippen molar-refractivity contribution in [2.24, 2.45) is 5.73 Å². The molecule has 20 heavy (non-hydrogen) atoms. The number of benzene rings is 1. The molecule has 2 rings (SSSR count). The topological polar surface area (TPSA) is 102 Å². The summed E-state index contributed by atoms with van der Waals surface area (Å²) in [5.74, 6) is -0.414. The van der Waals surface area contributed by atoms with Gasteiger partial charge in [-0.1, -0.05) is 18.2 Å². The van der Waals surface area contributed by atoms with E-state index in [2.05, 4.69) is 5.32 Å².